The fraction of sp³-hybridized carbons (Fsp3) is 0.250. The molecule has 0 aliphatic heterocycles. The number of nitrogens with one attached hydrogen (secondary N) is 2. The van der Waals surface area contributed by atoms with E-state index in [1.165, 1.54) is 5.56 Å². The number of carbonyl (C=O) groups is 1. The van der Waals surface area contributed by atoms with E-state index >= 15 is 0 Å². The number of nitrogens with zero attached hydrogens (tertiary/aromatic N) is 1. The van der Waals surface area contributed by atoms with Gasteiger partial charge in [0.05, 0.1) is 11.9 Å². The summed E-state index contributed by atoms with van der Waals surface area (Å²) >= 11 is 0. The molecular weight excluding hydrogens is 250 g/mol. The summed E-state index contributed by atoms with van der Waals surface area (Å²) in [7, 11) is 0. The van der Waals surface area contributed by atoms with Gasteiger partial charge in [-0.3, -0.25) is 4.79 Å². The Hall–Kier alpha value is -2.36. The topological polar surface area (TPSA) is 54.0 Å². The summed E-state index contributed by atoms with van der Waals surface area (Å²) < 4.78 is 0. The average Bonchev–Trinajstić information content (AvgIpc) is 2.48. The second kappa shape index (κ2) is 6.70. The Balaban J connectivity index is 2.01. The first-order chi connectivity index (χ1) is 9.69. The number of hydrogen-bond acceptors (Lipinski definition) is 3. The maximum Gasteiger partial charge on any atom is 0.269 e. The van der Waals surface area contributed by atoms with Gasteiger partial charge in [0.25, 0.3) is 5.91 Å². The molecule has 1 amide bonds. The molecule has 0 spiro atoms. The van der Waals surface area contributed by atoms with Crippen LogP contribution in [0.3, 0.4) is 0 Å². The molecule has 0 atom stereocenters. The molecule has 1 aromatic carbocycles. The standard InChI is InChI=1S/C16H19N3O/c1-3-10-17-16(20)15-9-8-14(11-18-15)19-13-6-4-12(2)5-7-13/h4-9,11,19H,3,10H2,1-2H3,(H,17,20). The van der Waals surface area contributed by atoms with Crippen molar-refractivity contribution in [2.75, 3.05) is 11.9 Å². The normalized spacial score (nSPS) is 10.1. The summed E-state index contributed by atoms with van der Waals surface area (Å²) in [6.45, 7) is 4.74. The molecule has 0 saturated heterocycles. The summed E-state index contributed by atoms with van der Waals surface area (Å²) in [4.78, 5) is 15.9. The van der Waals surface area contributed by atoms with Crippen molar-refractivity contribution in [3.63, 3.8) is 0 Å². The molecule has 2 N–H and O–H groups in total. The van der Waals surface area contributed by atoms with Gasteiger partial charge in [0.1, 0.15) is 5.69 Å². The largest absolute Gasteiger partial charge is 0.354 e. The number of carbonyl (C=O) groups excluding carboxylic acids is 1. The van der Waals surface area contributed by atoms with Crippen molar-refractivity contribution in [3.05, 3.63) is 53.9 Å². The Morgan fingerprint density at radius 2 is 1.80 bits per heavy atom. The van der Waals surface area contributed by atoms with Crippen LogP contribution in [0.15, 0.2) is 42.6 Å². The van der Waals surface area contributed by atoms with Crippen molar-refractivity contribution in [2.45, 2.75) is 20.3 Å². The SMILES string of the molecule is CCCNC(=O)c1ccc(Nc2ccc(C)cc2)cn1. The summed E-state index contributed by atoms with van der Waals surface area (Å²) in [5.41, 5.74) is 3.52. The first-order valence-corrected chi connectivity index (χ1v) is 6.77. The van der Waals surface area contributed by atoms with Crippen LogP contribution >= 0.6 is 0 Å². The van der Waals surface area contributed by atoms with E-state index in [1.807, 2.05) is 37.3 Å². The lowest BCUT2D eigenvalue weighted by atomic mass is 10.2. The second-order valence-electron chi connectivity index (χ2n) is 4.68. The zero-order chi connectivity index (χ0) is 14.4. The van der Waals surface area contributed by atoms with Crippen LogP contribution in [0.1, 0.15) is 29.4 Å². The van der Waals surface area contributed by atoms with Gasteiger partial charge in [0.15, 0.2) is 0 Å². The van der Waals surface area contributed by atoms with Crippen molar-refractivity contribution in [1.82, 2.24) is 10.3 Å². The minimum Gasteiger partial charge on any atom is -0.354 e. The predicted molar refractivity (Wildman–Crippen MR) is 81.3 cm³/mol. The van der Waals surface area contributed by atoms with Gasteiger partial charge in [-0.1, -0.05) is 24.6 Å². The molecular formula is C16H19N3O. The van der Waals surface area contributed by atoms with E-state index in [0.29, 0.717) is 12.2 Å². The highest BCUT2D eigenvalue weighted by atomic mass is 16.1. The van der Waals surface area contributed by atoms with E-state index in [4.69, 9.17) is 0 Å². The number of pyridine rings is 1. The molecule has 1 aromatic heterocycles. The highest BCUT2D eigenvalue weighted by Gasteiger charge is 2.05. The van der Waals surface area contributed by atoms with Crippen LogP contribution in [0.25, 0.3) is 0 Å². The maximum absolute atomic E-state index is 11.7. The number of hydrogen-bond donors (Lipinski definition) is 2. The number of rotatable bonds is 5. The molecule has 0 fully saturated rings. The summed E-state index contributed by atoms with van der Waals surface area (Å²) in [5, 5.41) is 6.05. The molecule has 2 aromatic rings. The lowest BCUT2D eigenvalue weighted by molar-refractivity contribution is 0.0949. The van der Waals surface area contributed by atoms with E-state index in [1.54, 1.807) is 12.3 Å². The number of benzene rings is 1. The average molecular weight is 269 g/mol. The molecule has 0 aliphatic rings. The smallest absolute Gasteiger partial charge is 0.269 e. The van der Waals surface area contributed by atoms with Crippen LogP contribution in [0.2, 0.25) is 0 Å². The Morgan fingerprint density at radius 3 is 2.40 bits per heavy atom. The van der Waals surface area contributed by atoms with Crippen LogP contribution < -0.4 is 10.6 Å². The fourth-order valence-corrected chi connectivity index (χ4v) is 1.73. The molecule has 0 radical (unpaired) electrons. The van der Waals surface area contributed by atoms with Gasteiger partial charge < -0.3 is 10.6 Å². The van der Waals surface area contributed by atoms with Crippen molar-refractivity contribution in [3.8, 4) is 0 Å². The molecule has 4 heteroatoms. The third kappa shape index (κ3) is 3.82. The van der Waals surface area contributed by atoms with Crippen LogP contribution in [0.5, 0.6) is 0 Å². The van der Waals surface area contributed by atoms with Gasteiger partial charge in [0, 0.05) is 12.2 Å². The number of aromatic nitrogens is 1. The molecule has 20 heavy (non-hydrogen) atoms. The molecule has 2 rings (SSSR count). The van der Waals surface area contributed by atoms with E-state index in [9.17, 15) is 4.79 Å². The Labute approximate surface area is 119 Å². The van der Waals surface area contributed by atoms with E-state index in [0.717, 1.165) is 17.8 Å². The molecule has 0 bridgehead atoms. The van der Waals surface area contributed by atoms with Crippen molar-refractivity contribution < 1.29 is 4.79 Å². The number of anilines is 2. The molecule has 4 nitrogen and oxygen atoms in total. The first kappa shape index (κ1) is 14.1. The fourth-order valence-electron chi connectivity index (χ4n) is 1.73. The van der Waals surface area contributed by atoms with Crippen LogP contribution in [0, 0.1) is 6.92 Å². The zero-order valence-corrected chi connectivity index (χ0v) is 11.8. The van der Waals surface area contributed by atoms with E-state index < -0.39 is 0 Å². The monoisotopic (exact) mass is 269 g/mol. The molecule has 1 heterocycles. The quantitative estimate of drug-likeness (QED) is 0.876. The van der Waals surface area contributed by atoms with E-state index in [2.05, 4.69) is 22.5 Å². The summed E-state index contributed by atoms with van der Waals surface area (Å²) in [6.07, 6.45) is 2.58. The van der Waals surface area contributed by atoms with Gasteiger partial charge in [-0.05, 0) is 37.6 Å². The summed E-state index contributed by atoms with van der Waals surface area (Å²) in [5.74, 6) is -0.131. The zero-order valence-electron chi connectivity index (χ0n) is 11.8. The van der Waals surface area contributed by atoms with E-state index in [-0.39, 0.29) is 5.91 Å². The lowest BCUT2D eigenvalue weighted by Gasteiger charge is -2.07. The molecule has 0 aliphatic carbocycles. The van der Waals surface area contributed by atoms with Gasteiger partial charge in [-0.25, -0.2) is 4.98 Å². The minimum absolute atomic E-state index is 0.131. The van der Waals surface area contributed by atoms with Crippen molar-refractivity contribution in [2.24, 2.45) is 0 Å². The van der Waals surface area contributed by atoms with Crippen molar-refractivity contribution in [1.29, 1.82) is 0 Å². The Kier molecular flexibility index (Phi) is 4.71. The van der Waals surface area contributed by atoms with Crippen LogP contribution in [-0.2, 0) is 0 Å². The summed E-state index contributed by atoms with van der Waals surface area (Å²) in [6, 6.07) is 11.7. The van der Waals surface area contributed by atoms with Crippen molar-refractivity contribution >= 4 is 17.3 Å². The molecule has 0 unspecified atom stereocenters. The Morgan fingerprint density at radius 1 is 1.10 bits per heavy atom. The number of aryl methyl sites for hydroxylation is 1. The minimum atomic E-state index is -0.131. The van der Waals surface area contributed by atoms with Crippen LogP contribution in [0.4, 0.5) is 11.4 Å². The van der Waals surface area contributed by atoms with Gasteiger partial charge in [0.2, 0.25) is 0 Å². The predicted octanol–water partition coefficient (Wildman–Crippen LogP) is 3.27. The Bertz CT molecular complexity index is 561. The van der Waals surface area contributed by atoms with Gasteiger partial charge in [-0.15, -0.1) is 0 Å². The second-order valence-corrected chi connectivity index (χ2v) is 4.68. The third-order valence-corrected chi connectivity index (χ3v) is 2.87. The molecule has 0 saturated carbocycles. The maximum atomic E-state index is 11.7. The van der Waals surface area contributed by atoms with Gasteiger partial charge in [-0.2, -0.15) is 0 Å². The molecule has 104 valence electrons. The van der Waals surface area contributed by atoms with Crippen LogP contribution in [-0.4, -0.2) is 17.4 Å². The highest BCUT2D eigenvalue weighted by Crippen LogP contribution is 2.16. The lowest BCUT2D eigenvalue weighted by Crippen LogP contribution is -2.24. The van der Waals surface area contributed by atoms with Gasteiger partial charge >= 0.3 is 0 Å². The highest BCUT2D eigenvalue weighted by molar-refractivity contribution is 5.92. The number of amides is 1. The third-order valence-electron chi connectivity index (χ3n) is 2.87. The first-order valence-electron chi connectivity index (χ1n) is 6.77.